The van der Waals surface area contributed by atoms with E-state index in [-0.39, 0.29) is 12.5 Å². The second kappa shape index (κ2) is 12.9. The minimum absolute atomic E-state index is 0.152. The van der Waals surface area contributed by atoms with E-state index in [0.717, 1.165) is 35.1 Å². The molecule has 1 nitrogen and oxygen atoms in total. The molecule has 0 aliphatic heterocycles. The van der Waals surface area contributed by atoms with Gasteiger partial charge in [0, 0.05) is 11.3 Å². The normalized spacial score (nSPS) is 12.9. The zero-order chi connectivity index (χ0) is 27.0. The van der Waals surface area contributed by atoms with Gasteiger partial charge in [-0.15, -0.1) is 0 Å². The van der Waals surface area contributed by atoms with Crippen LogP contribution in [-0.2, 0) is 0 Å². The second-order valence-electron chi connectivity index (χ2n) is 8.98. The van der Waals surface area contributed by atoms with Crippen molar-refractivity contribution in [2.24, 2.45) is 11.3 Å². The lowest BCUT2D eigenvalue weighted by atomic mass is 9.64. The Morgan fingerprint density at radius 2 is 1.26 bits per heavy atom. The van der Waals surface area contributed by atoms with Crippen LogP contribution < -0.4 is 0 Å². The lowest BCUT2D eigenvalue weighted by molar-refractivity contribution is 0.171. The fourth-order valence-corrected chi connectivity index (χ4v) is 3.75. The minimum atomic E-state index is -0.780. The molecule has 0 saturated carbocycles. The summed E-state index contributed by atoms with van der Waals surface area (Å²) in [6.45, 7) is 55.4. The SMILES string of the molecule is C=CC(=C)C(=C)C(=C)C(CO)(CCCC)C(=C)C(C)C(=C)C(=C)C(=C)C(=C)C(=C)C(=C)C(=C)C. The number of rotatable bonds is 17. The lowest BCUT2D eigenvalue weighted by Gasteiger charge is -2.40. The summed E-state index contributed by atoms with van der Waals surface area (Å²) in [7, 11) is 0. The fourth-order valence-electron chi connectivity index (χ4n) is 3.75. The van der Waals surface area contributed by atoms with Crippen LogP contribution in [0, 0.1) is 11.3 Å². The van der Waals surface area contributed by atoms with E-state index in [0.29, 0.717) is 45.4 Å². The molecule has 34 heavy (non-hydrogen) atoms. The molecule has 0 amide bonds. The predicted molar refractivity (Wildman–Crippen MR) is 155 cm³/mol. The molecule has 0 rings (SSSR count). The van der Waals surface area contributed by atoms with Gasteiger partial charge in [0.15, 0.2) is 0 Å². The molecule has 0 radical (unpaired) electrons. The van der Waals surface area contributed by atoms with Gasteiger partial charge in [0.2, 0.25) is 0 Å². The summed E-state index contributed by atoms with van der Waals surface area (Å²) in [6.07, 6.45) is 4.17. The third-order valence-electron chi connectivity index (χ3n) is 6.82. The minimum Gasteiger partial charge on any atom is -0.395 e. The van der Waals surface area contributed by atoms with Gasteiger partial charge in [-0.1, -0.05) is 123 Å². The first-order chi connectivity index (χ1) is 15.7. The van der Waals surface area contributed by atoms with E-state index in [1.165, 1.54) is 0 Å². The van der Waals surface area contributed by atoms with Crippen molar-refractivity contribution in [1.82, 2.24) is 0 Å². The Hall–Kier alpha value is -3.16. The van der Waals surface area contributed by atoms with Gasteiger partial charge in [-0.25, -0.2) is 0 Å². The summed E-state index contributed by atoms with van der Waals surface area (Å²) < 4.78 is 0. The highest BCUT2D eigenvalue weighted by molar-refractivity contribution is 5.65. The maximum atomic E-state index is 10.7. The van der Waals surface area contributed by atoms with Crippen molar-refractivity contribution in [3.63, 3.8) is 0 Å². The molecule has 0 aromatic rings. The quantitative estimate of drug-likeness (QED) is 0.171. The maximum absolute atomic E-state index is 10.7. The van der Waals surface area contributed by atoms with Crippen LogP contribution in [0.15, 0.2) is 146 Å². The highest BCUT2D eigenvalue weighted by Gasteiger charge is 2.39. The largest absolute Gasteiger partial charge is 0.395 e. The number of unbranched alkanes of at least 4 members (excludes halogenated alkanes) is 1. The van der Waals surface area contributed by atoms with Crippen molar-refractivity contribution in [1.29, 1.82) is 0 Å². The smallest absolute Gasteiger partial charge is 0.0565 e. The molecule has 2 unspecified atom stereocenters. The Morgan fingerprint density at radius 3 is 1.68 bits per heavy atom. The maximum Gasteiger partial charge on any atom is 0.0565 e. The molecule has 0 bridgehead atoms. The van der Waals surface area contributed by atoms with E-state index < -0.39 is 5.41 Å². The molecule has 182 valence electrons. The molecule has 0 fully saturated rings. The van der Waals surface area contributed by atoms with Crippen LogP contribution in [0.2, 0.25) is 0 Å². The van der Waals surface area contributed by atoms with Gasteiger partial charge in [0.05, 0.1) is 6.61 Å². The van der Waals surface area contributed by atoms with Crippen LogP contribution in [0.1, 0.15) is 40.0 Å². The monoisotopic (exact) mass is 456 g/mol. The number of allylic oxidation sites excluding steroid dienone is 10. The zero-order valence-electron chi connectivity index (χ0n) is 21.9. The van der Waals surface area contributed by atoms with Gasteiger partial charge in [0.1, 0.15) is 0 Å². The van der Waals surface area contributed by atoms with Crippen molar-refractivity contribution in [2.75, 3.05) is 6.61 Å². The average molecular weight is 457 g/mol. The molecule has 0 saturated heterocycles. The molecule has 0 aliphatic carbocycles. The average Bonchev–Trinajstić information content (AvgIpc) is 2.84. The highest BCUT2D eigenvalue weighted by atomic mass is 16.3. The topological polar surface area (TPSA) is 20.2 Å². The Balaban J connectivity index is 6.15. The van der Waals surface area contributed by atoms with Crippen molar-refractivity contribution in [3.8, 4) is 0 Å². The Bertz CT molecular complexity index is 1000. The first-order valence-electron chi connectivity index (χ1n) is 11.5. The zero-order valence-corrected chi connectivity index (χ0v) is 21.9. The van der Waals surface area contributed by atoms with E-state index in [2.05, 4.69) is 85.9 Å². The number of aliphatic hydroxyl groups excluding tert-OH is 1. The molecule has 0 spiro atoms. The van der Waals surface area contributed by atoms with Crippen molar-refractivity contribution in [2.45, 2.75) is 40.0 Å². The van der Waals surface area contributed by atoms with Gasteiger partial charge >= 0.3 is 0 Å². The van der Waals surface area contributed by atoms with Gasteiger partial charge in [-0.05, 0) is 63.5 Å². The number of hydrogen-bond donors (Lipinski definition) is 1. The molecule has 0 aliphatic rings. The summed E-state index contributed by atoms with van der Waals surface area (Å²) in [6, 6.07) is 0. The Kier molecular flexibility index (Phi) is 11.7. The summed E-state index contributed by atoms with van der Waals surface area (Å²) in [5.41, 5.74) is 6.88. The van der Waals surface area contributed by atoms with E-state index in [4.69, 9.17) is 0 Å². The molecule has 0 aromatic heterocycles. The third-order valence-corrected chi connectivity index (χ3v) is 6.82. The first-order valence-corrected chi connectivity index (χ1v) is 11.5. The van der Waals surface area contributed by atoms with Crippen LogP contribution in [-0.4, -0.2) is 11.7 Å². The Morgan fingerprint density at radius 1 is 0.794 bits per heavy atom. The van der Waals surface area contributed by atoms with Crippen LogP contribution >= 0.6 is 0 Å². The van der Waals surface area contributed by atoms with E-state index >= 15 is 0 Å². The lowest BCUT2D eigenvalue weighted by Crippen LogP contribution is -2.34. The van der Waals surface area contributed by atoms with Gasteiger partial charge in [-0.2, -0.15) is 0 Å². The van der Waals surface area contributed by atoms with Crippen LogP contribution in [0.5, 0.6) is 0 Å². The summed E-state index contributed by atoms with van der Waals surface area (Å²) >= 11 is 0. The van der Waals surface area contributed by atoms with Gasteiger partial charge in [0.25, 0.3) is 0 Å². The fraction of sp³-hybridized carbons (Fsp3) is 0.273. The molecule has 0 aromatic carbocycles. The summed E-state index contributed by atoms with van der Waals surface area (Å²) in [4.78, 5) is 0. The number of aliphatic hydroxyl groups is 1. The first kappa shape index (κ1) is 30.8. The van der Waals surface area contributed by atoms with E-state index in [1.54, 1.807) is 6.08 Å². The predicted octanol–water partition coefficient (Wildman–Crippen LogP) is 9.12. The molecule has 1 heteroatoms. The summed E-state index contributed by atoms with van der Waals surface area (Å²) in [5, 5.41) is 10.7. The molecular formula is C33H44O. The highest BCUT2D eigenvalue weighted by Crippen LogP contribution is 2.48. The van der Waals surface area contributed by atoms with Gasteiger partial charge in [-0.3, -0.25) is 0 Å². The van der Waals surface area contributed by atoms with Crippen LogP contribution in [0.4, 0.5) is 0 Å². The molecule has 0 heterocycles. The summed E-state index contributed by atoms with van der Waals surface area (Å²) in [5.74, 6) is -0.222. The van der Waals surface area contributed by atoms with Crippen molar-refractivity contribution < 1.29 is 5.11 Å². The van der Waals surface area contributed by atoms with Gasteiger partial charge < -0.3 is 5.11 Å². The third kappa shape index (κ3) is 6.46. The number of hydrogen-bond acceptors (Lipinski definition) is 1. The van der Waals surface area contributed by atoms with Crippen molar-refractivity contribution >= 4 is 0 Å². The molecule has 2 atom stereocenters. The van der Waals surface area contributed by atoms with E-state index in [9.17, 15) is 5.11 Å². The second-order valence-corrected chi connectivity index (χ2v) is 8.98. The molecule has 1 N–H and O–H groups in total. The standard InChI is InChI=1S/C33H44O/c1-16-18-19-33(20-34,31(14)24(7)22(5)17-2)32(15)30(13)29(12)28(11)27(10)26(9)25(8)23(6)21(3)4/h17,30,34H,2-3,5-12,14-16,18-20H2,1,4,13H3. The molecular weight excluding hydrogens is 412 g/mol. The van der Waals surface area contributed by atoms with Crippen LogP contribution in [0.25, 0.3) is 0 Å². The van der Waals surface area contributed by atoms with Crippen molar-refractivity contribution in [3.05, 3.63) is 146 Å². The Labute approximate surface area is 209 Å². The van der Waals surface area contributed by atoms with E-state index in [1.807, 2.05) is 13.8 Å². The van der Waals surface area contributed by atoms with Crippen LogP contribution in [0.3, 0.4) is 0 Å².